The molecule has 18 heavy (non-hydrogen) atoms. The summed E-state index contributed by atoms with van der Waals surface area (Å²) in [5.74, 6) is 0.903. The molecule has 4 nitrogen and oxygen atoms in total. The number of hydrogen-bond acceptors (Lipinski definition) is 3. The van der Waals surface area contributed by atoms with E-state index in [0.717, 1.165) is 23.4 Å². The van der Waals surface area contributed by atoms with E-state index in [4.69, 9.17) is 4.74 Å². The number of aromatic nitrogens is 2. The number of carbonyl (C=O) groups excluding carboxylic acids is 1. The standard InChI is InChI=1S/C14H14N2O2/c1-9-7-12(16(2)15-9)14(17)11-3-4-13-10(8-11)5-6-18-13/h3-4,7-8H,5-6H2,1-2H3. The molecule has 2 heterocycles. The number of benzene rings is 1. The van der Waals surface area contributed by atoms with Crippen LogP contribution in [0.1, 0.15) is 27.3 Å². The van der Waals surface area contributed by atoms with Gasteiger partial charge >= 0.3 is 0 Å². The third-order valence-corrected chi connectivity index (χ3v) is 3.19. The fourth-order valence-electron chi connectivity index (χ4n) is 2.30. The van der Waals surface area contributed by atoms with E-state index in [1.54, 1.807) is 11.7 Å². The molecule has 0 saturated heterocycles. The fourth-order valence-corrected chi connectivity index (χ4v) is 2.30. The Balaban J connectivity index is 2.00. The molecule has 1 aliphatic rings. The maximum Gasteiger partial charge on any atom is 0.211 e. The van der Waals surface area contributed by atoms with Crippen molar-refractivity contribution in [3.8, 4) is 5.75 Å². The summed E-state index contributed by atoms with van der Waals surface area (Å²) in [6.45, 7) is 2.59. The zero-order chi connectivity index (χ0) is 12.7. The Kier molecular flexibility index (Phi) is 2.44. The number of aryl methyl sites for hydroxylation is 2. The summed E-state index contributed by atoms with van der Waals surface area (Å²) >= 11 is 0. The Labute approximate surface area is 105 Å². The molecule has 1 aliphatic heterocycles. The van der Waals surface area contributed by atoms with Crippen molar-refractivity contribution in [1.82, 2.24) is 9.78 Å². The van der Waals surface area contributed by atoms with E-state index in [1.165, 1.54) is 0 Å². The van der Waals surface area contributed by atoms with Crippen molar-refractivity contribution in [2.24, 2.45) is 7.05 Å². The molecule has 0 atom stereocenters. The Morgan fingerprint density at radius 2 is 2.22 bits per heavy atom. The molecule has 2 aromatic rings. The summed E-state index contributed by atoms with van der Waals surface area (Å²) in [4.78, 5) is 12.4. The van der Waals surface area contributed by atoms with Gasteiger partial charge in [0.15, 0.2) is 0 Å². The zero-order valence-corrected chi connectivity index (χ0v) is 10.4. The van der Waals surface area contributed by atoms with Crippen LogP contribution in [0.3, 0.4) is 0 Å². The van der Waals surface area contributed by atoms with Crippen molar-refractivity contribution in [3.05, 3.63) is 46.8 Å². The summed E-state index contributed by atoms with van der Waals surface area (Å²) in [6, 6.07) is 7.42. The van der Waals surface area contributed by atoms with Gasteiger partial charge in [-0.25, -0.2) is 0 Å². The third-order valence-electron chi connectivity index (χ3n) is 3.19. The number of hydrogen-bond donors (Lipinski definition) is 0. The second-order valence-corrected chi connectivity index (χ2v) is 4.54. The van der Waals surface area contributed by atoms with Gasteiger partial charge in [-0.15, -0.1) is 0 Å². The van der Waals surface area contributed by atoms with E-state index >= 15 is 0 Å². The van der Waals surface area contributed by atoms with Crippen molar-refractivity contribution < 1.29 is 9.53 Å². The second kappa shape index (κ2) is 3.98. The predicted molar refractivity (Wildman–Crippen MR) is 67.0 cm³/mol. The molecule has 0 saturated carbocycles. The summed E-state index contributed by atoms with van der Waals surface area (Å²) < 4.78 is 7.06. The van der Waals surface area contributed by atoms with Crippen molar-refractivity contribution >= 4 is 5.78 Å². The molecule has 0 fully saturated rings. The van der Waals surface area contributed by atoms with Crippen LogP contribution in [0.15, 0.2) is 24.3 Å². The minimum absolute atomic E-state index is 0.00722. The molecule has 1 aromatic heterocycles. The highest BCUT2D eigenvalue weighted by Gasteiger charge is 2.18. The first kappa shape index (κ1) is 11.0. The Bertz CT molecular complexity index is 629. The van der Waals surface area contributed by atoms with Gasteiger partial charge in [0.05, 0.1) is 12.3 Å². The van der Waals surface area contributed by atoms with Crippen molar-refractivity contribution in [2.45, 2.75) is 13.3 Å². The molecule has 0 spiro atoms. The molecule has 0 aliphatic carbocycles. The molecule has 0 unspecified atom stereocenters. The van der Waals surface area contributed by atoms with Gasteiger partial charge in [0.1, 0.15) is 11.4 Å². The molecular formula is C14H14N2O2. The lowest BCUT2D eigenvalue weighted by Crippen LogP contribution is -2.08. The Morgan fingerprint density at radius 3 is 2.94 bits per heavy atom. The topological polar surface area (TPSA) is 44.1 Å². The fraction of sp³-hybridized carbons (Fsp3) is 0.286. The van der Waals surface area contributed by atoms with Crippen LogP contribution in [0.4, 0.5) is 0 Å². The van der Waals surface area contributed by atoms with Gasteiger partial charge < -0.3 is 4.74 Å². The highest BCUT2D eigenvalue weighted by molar-refractivity contribution is 6.08. The molecule has 4 heteroatoms. The first-order valence-corrected chi connectivity index (χ1v) is 5.96. The minimum Gasteiger partial charge on any atom is -0.493 e. The zero-order valence-electron chi connectivity index (χ0n) is 10.4. The molecule has 3 rings (SSSR count). The van der Waals surface area contributed by atoms with E-state index in [-0.39, 0.29) is 5.78 Å². The quantitative estimate of drug-likeness (QED) is 0.755. The number of carbonyl (C=O) groups is 1. The van der Waals surface area contributed by atoms with Crippen molar-refractivity contribution in [2.75, 3.05) is 6.61 Å². The van der Waals surface area contributed by atoms with E-state index < -0.39 is 0 Å². The second-order valence-electron chi connectivity index (χ2n) is 4.54. The Hall–Kier alpha value is -2.10. The average Bonchev–Trinajstić information content (AvgIpc) is 2.93. The average molecular weight is 242 g/mol. The van der Waals surface area contributed by atoms with E-state index in [1.807, 2.05) is 31.2 Å². The minimum atomic E-state index is 0.00722. The highest BCUT2D eigenvalue weighted by Crippen LogP contribution is 2.26. The van der Waals surface area contributed by atoms with Crippen LogP contribution >= 0.6 is 0 Å². The lowest BCUT2D eigenvalue weighted by Gasteiger charge is -2.03. The molecule has 92 valence electrons. The van der Waals surface area contributed by atoms with E-state index in [2.05, 4.69) is 5.10 Å². The molecule has 0 radical (unpaired) electrons. The SMILES string of the molecule is Cc1cc(C(=O)c2ccc3c(c2)CCO3)n(C)n1. The van der Waals surface area contributed by atoms with Crippen LogP contribution in [-0.2, 0) is 13.5 Å². The monoisotopic (exact) mass is 242 g/mol. The van der Waals surface area contributed by atoms with Crippen LogP contribution in [0.5, 0.6) is 5.75 Å². The molecule has 0 N–H and O–H groups in total. The van der Waals surface area contributed by atoms with Crippen LogP contribution in [0.2, 0.25) is 0 Å². The molecule has 0 amide bonds. The number of ketones is 1. The highest BCUT2D eigenvalue weighted by atomic mass is 16.5. The van der Waals surface area contributed by atoms with Gasteiger partial charge in [-0.1, -0.05) is 0 Å². The lowest BCUT2D eigenvalue weighted by atomic mass is 10.0. The van der Waals surface area contributed by atoms with Crippen molar-refractivity contribution in [3.63, 3.8) is 0 Å². The largest absolute Gasteiger partial charge is 0.493 e. The molecular weight excluding hydrogens is 228 g/mol. The third kappa shape index (κ3) is 1.70. The molecule has 0 bridgehead atoms. The first-order chi connectivity index (χ1) is 8.65. The van der Waals surface area contributed by atoms with Gasteiger partial charge in [0.2, 0.25) is 5.78 Å². The number of nitrogens with zero attached hydrogens (tertiary/aromatic N) is 2. The number of ether oxygens (including phenoxy) is 1. The van der Waals surface area contributed by atoms with Crippen LogP contribution in [0, 0.1) is 6.92 Å². The van der Waals surface area contributed by atoms with Gasteiger partial charge in [0.25, 0.3) is 0 Å². The summed E-state index contributed by atoms with van der Waals surface area (Å²) in [6.07, 6.45) is 0.876. The summed E-state index contributed by atoms with van der Waals surface area (Å²) in [5.41, 5.74) is 3.28. The van der Waals surface area contributed by atoms with Gasteiger partial charge in [-0.3, -0.25) is 9.48 Å². The van der Waals surface area contributed by atoms with Gasteiger partial charge in [0, 0.05) is 19.0 Å². The maximum absolute atomic E-state index is 12.4. The van der Waals surface area contributed by atoms with Crippen LogP contribution < -0.4 is 4.74 Å². The van der Waals surface area contributed by atoms with Crippen molar-refractivity contribution in [1.29, 1.82) is 0 Å². The van der Waals surface area contributed by atoms with Crippen LogP contribution in [-0.4, -0.2) is 22.2 Å². The maximum atomic E-state index is 12.4. The van der Waals surface area contributed by atoms with E-state index in [9.17, 15) is 4.79 Å². The van der Waals surface area contributed by atoms with Crippen LogP contribution in [0.25, 0.3) is 0 Å². The van der Waals surface area contributed by atoms with Gasteiger partial charge in [-0.2, -0.15) is 5.10 Å². The molecule has 1 aromatic carbocycles. The normalized spacial score (nSPS) is 13.2. The summed E-state index contributed by atoms with van der Waals surface area (Å²) in [5, 5.41) is 4.20. The predicted octanol–water partition coefficient (Wildman–Crippen LogP) is 1.89. The van der Waals surface area contributed by atoms with Gasteiger partial charge in [-0.05, 0) is 36.8 Å². The smallest absolute Gasteiger partial charge is 0.211 e. The number of fused-ring (bicyclic) bond motifs is 1. The number of rotatable bonds is 2. The lowest BCUT2D eigenvalue weighted by molar-refractivity contribution is 0.103. The Morgan fingerprint density at radius 1 is 1.39 bits per heavy atom. The van der Waals surface area contributed by atoms with E-state index in [0.29, 0.717) is 17.9 Å². The summed E-state index contributed by atoms with van der Waals surface area (Å²) in [7, 11) is 1.79. The first-order valence-electron chi connectivity index (χ1n) is 5.96.